The van der Waals surface area contributed by atoms with E-state index >= 15 is 0 Å². The molecule has 0 aromatic heterocycles. The molecule has 10 heteroatoms. The van der Waals surface area contributed by atoms with Gasteiger partial charge in [0.15, 0.2) is 0 Å². The highest BCUT2D eigenvalue weighted by molar-refractivity contribution is 7.91. The maximum Gasteiger partial charge on any atom is 0.461 e. The Morgan fingerprint density at radius 2 is 1.14 bits per heavy atom. The molecule has 0 bridgehead atoms. The Bertz CT molecular complexity index is 313. The third kappa shape index (κ3) is 1.79. The van der Waals surface area contributed by atoms with Crippen molar-refractivity contribution >= 4 is 9.84 Å². The first-order chi connectivity index (χ1) is 5.75. The Morgan fingerprint density at radius 3 is 1.21 bits per heavy atom. The lowest BCUT2D eigenvalue weighted by Gasteiger charge is -2.26. The van der Waals surface area contributed by atoms with E-state index in [0.29, 0.717) is 0 Å². The van der Waals surface area contributed by atoms with Crippen molar-refractivity contribution in [1.29, 1.82) is 0 Å². The minimum Gasteiger partial charge on any atom is -0.223 e. The average molecular weight is 248 g/mol. The molecule has 0 aromatic carbocycles. The van der Waals surface area contributed by atoms with E-state index in [-0.39, 0.29) is 0 Å². The molecule has 0 amide bonds. The number of halogens is 7. The first-order valence-corrected chi connectivity index (χ1v) is 4.66. The van der Waals surface area contributed by atoms with Crippen LogP contribution in [0.3, 0.4) is 0 Å². The molecular weight excluding hydrogens is 245 g/mol. The van der Waals surface area contributed by atoms with Gasteiger partial charge in [-0.3, -0.25) is 0 Å². The Kier molecular flexibility index (Phi) is 2.86. The maximum atomic E-state index is 12.1. The fourth-order valence-corrected chi connectivity index (χ4v) is 0.979. The highest BCUT2D eigenvalue weighted by Crippen LogP contribution is 2.48. The molecule has 0 fully saturated rings. The number of alkyl halides is 7. The molecule has 0 rings (SSSR count). The summed E-state index contributed by atoms with van der Waals surface area (Å²) >= 11 is 0. The van der Waals surface area contributed by atoms with E-state index < -0.39 is 33.4 Å². The molecule has 0 saturated heterocycles. The van der Waals surface area contributed by atoms with Crippen molar-refractivity contribution in [2.75, 3.05) is 6.26 Å². The van der Waals surface area contributed by atoms with Crippen LogP contribution < -0.4 is 0 Å². The van der Waals surface area contributed by atoms with E-state index in [9.17, 15) is 39.2 Å². The van der Waals surface area contributed by atoms with Crippen LogP contribution in [0.5, 0.6) is 0 Å². The van der Waals surface area contributed by atoms with Crippen LogP contribution in [0.25, 0.3) is 0 Å². The Labute approximate surface area is 73.6 Å². The first kappa shape index (κ1) is 13.5. The van der Waals surface area contributed by atoms with Gasteiger partial charge >= 0.3 is 17.4 Å². The van der Waals surface area contributed by atoms with Gasteiger partial charge in [-0.05, 0) is 0 Å². The smallest absolute Gasteiger partial charge is 0.223 e. The number of rotatable bonds is 2. The molecule has 0 N–H and O–H groups in total. The second kappa shape index (κ2) is 2.97. The molecule has 86 valence electrons. The van der Waals surface area contributed by atoms with Crippen molar-refractivity contribution in [3.05, 3.63) is 0 Å². The van der Waals surface area contributed by atoms with Gasteiger partial charge < -0.3 is 0 Å². The van der Waals surface area contributed by atoms with E-state index in [1.54, 1.807) is 0 Å². The van der Waals surface area contributed by atoms with E-state index in [2.05, 4.69) is 0 Å². The summed E-state index contributed by atoms with van der Waals surface area (Å²) in [4.78, 5) is 0. The molecule has 0 aliphatic carbocycles. The van der Waals surface area contributed by atoms with Gasteiger partial charge in [-0.15, -0.1) is 0 Å². The van der Waals surface area contributed by atoms with Crippen LogP contribution in [0.4, 0.5) is 30.7 Å². The zero-order valence-electron chi connectivity index (χ0n) is 6.37. The fourth-order valence-electron chi connectivity index (χ4n) is 0.398. The van der Waals surface area contributed by atoms with Gasteiger partial charge in [0.2, 0.25) is 9.84 Å². The van der Waals surface area contributed by atoms with Crippen molar-refractivity contribution < 1.29 is 39.2 Å². The van der Waals surface area contributed by atoms with Crippen LogP contribution in [0.1, 0.15) is 0 Å². The summed E-state index contributed by atoms with van der Waals surface area (Å²) < 4.78 is 102. The monoisotopic (exact) mass is 248 g/mol. The summed E-state index contributed by atoms with van der Waals surface area (Å²) in [6, 6.07) is 0. The molecular formula is C4H3F7O2S. The largest absolute Gasteiger partial charge is 0.461 e. The molecule has 0 atom stereocenters. The predicted octanol–water partition coefficient (Wildman–Crippen LogP) is 1.82. The summed E-state index contributed by atoms with van der Waals surface area (Å²) in [5.41, 5.74) is 0. The van der Waals surface area contributed by atoms with Gasteiger partial charge in [0, 0.05) is 6.26 Å². The first-order valence-electron chi connectivity index (χ1n) is 2.77. The minimum atomic E-state index is -6.63. The lowest BCUT2D eigenvalue weighted by atomic mass is 10.3. The van der Waals surface area contributed by atoms with Gasteiger partial charge in [0.25, 0.3) is 0 Å². The van der Waals surface area contributed by atoms with E-state index in [0.717, 1.165) is 0 Å². The summed E-state index contributed by atoms with van der Waals surface area (Å²) in [5, 5.41) is -6.17. The van der Waals surface area contributed by atoms with E-state index in [4.69, 9.17) is 0 Å². The molecule has 0 spiro atoms. The Balaban J connectivity index is 5.54. The maximum absolute atomic E-state index is 12.1. The second-order valence-electron chi connectivity index (χ2n) is 2.36. The van der Waals surface area contributed by atoms with Gasteiger partial charge in [-0.2, -0.15) is 30.7 Å². The summed E-state index contributed by atoms with van der Waals surface area (Å²) in [7, 11) is -5.85. The molecule has 0 aliphatic rings. The van der Waals surface area contributed by atoms with Crippen LogP contribution in [-0.2, 0) is 9.84 Å². The number of hydrogen-bond acceptors (Lipinski definition) is 2. The van der Waals surface area contributed by atoms with Crippen LogP contribution in [0.2, 0.25) is 0 Å². The van der Waals surface area contributed by atoms with Gasteiger partial charge in [0.1, 0.15) is 0 Å². The lowest BCUT2D eigenvalue weighted by Crippen LogP contribution is -2.55. The van der Waals surface area contributed by atoms with Crippen LogP contribution >= 0.6 is 0 Å². The van der Waals surface area contributed by atoms with Crippen molar-refractivity contribution in [2.24, 2.45) is 0 Å². The molecule has 0 unspecified atom stereocenters. The molecule has 0 saturated carbocycles. The third-order valence-electron chi connectivity index (χ3n) is 1.19. The fraction of sp³-hybridized carbons (Fsp3) is 1.00. The number of hydrogen-bond donors (Lipinski definition) is 0. The van der Waals surface area contributed by atoms with Crippen molar-refractivity contribution in [3.8, 4) is 0 Å². The third-order valence-corrected chi connectivity index (χ3v) is 2.37. The summed E-state index contributed by atoms with van der Waals surface area (Å²) in [6.45, 7) is 0. The SMILES string of the molecule is CS(=O)(=O)C(F)(F)C(F)(F)C(F)(F)F. The van der Waals surface area contributed by atoms with Crippen molar-refractivity contribution in [1.82, 2.24) is 0 Å². The molecule has 0 radical (unpaired) electrons. The number of sulfone groups is 1. The predicted molar refractivity (Wildman–Crippen MR) is 30.8 cm³/mol. The normalized spacial score (nSPS) is 15.7. The second-order valence-corrected chi connectivity index (χ2v) is 4.42. The van der Waals surface area contributed by atoms with E-state index in [1.807, 2.05) is 0 Å². The van der Waals surface area contributed by atoms with Gasteiger partial charge in [-0.25, -0.2) is 8.42 Å². The van der Waals surface area contributed by atoms with Gasteiger partial charge in [0.05, 0.1) is 0 Å². The minimum absolute atomic E-state index is 0.410. The summed E-state index contributed by atoms with van der Waals surface area (Å²) in [5.74, 6) is -6.60. The van der Waals surface area contributed by atoms with Crippen LogP contribution in [0.15, 0.2) is 0 Å². The summed E-state index contributed by atoms with van der Waals surface area (Å²) in [6.07, 6.45) is -7.04. The molecule has 0 heterocycles. The van der Waals surface area contributed by atoms with Crippen LogP contribution in [0, 0.1) is 0 Å². The lowest BCUT2D eigenvalue weighted by molar-refractivity contribution is -0.332. The average Bonchev–Trinajstić information content (AvgIpc) is 1.81. The highest BCUT2D eigenvalue weighted by Gasteiger charge is 2.77. The highest BCUT2D eigenvalue weighted by atomic mass is 32.2. The molecule has 0 aliphatic heterocycles. The zero-order valence-corrected chi connectivity index (χ0v) is 7.19. The topological polar surface area (TPSA) is 34.1 Å². The molecule has 0 aromatic rings. The Morgan fingerprint density at radius 1 is 0.857 bits per heavy atom. The standard InChI is InChI=1S/C4H3F7O2S/c1-14(12,13)4(10,11)2(5,6)3(7,8)9/h1H3. The van der Waals surface area contributed by atoms with Gasteiger partial charge in [-0.1, -0.05) is 0 Å². The molecule has 2 nitrogen and oxygen atoms in total. The van der Waals surface area contributed by atoms with Crippen molar-refractivity contribution in [3.63, 3.8) is 0 Å². The zero-order chi connectivity index (χ0) is 12.0. The Hall–Kier alpha value is -0.540. The van der Waals surface area contributed by atoms with E-state index in [1.165, 1.54) is 0 Å². The van der Waals surface area contributed by atoms with Crippen LogP contribution in [-0.4, -0.2) is 32.0 Å². The molecule has 14 heavy (non-hydrogen) atoms. The van der Waals surface area contributed by atoms with Crippen molar-refractivity contribution in [2.45, 2.75) is 17.4 Å². The quantitative estimate of drug-likeness (QED) is 0.698.